The van der Waals surface area contributed by atoms with Crippen LogP contribution in [0.1, 0.15) is 18.5 Å². The number of likely N-dealkylation sites (N-methyl/N-ethyl adjacent to an activating group) is 1. The van der Waals surface area contributed by atoms with Crippen molar-refractivity contribution < 1.29 is 0 Å². The van der Waals surface area contributed by atoms with Gasteiger partial charge in [-0.15, -0.1) is 0 Å². The molecule has 1 atom stereocenters. The van der Waals surface area contributed by atoms with Crippen LogP contribution in [0.15, 0.2) is 18.2 Å². The number of hydrogen-bond acceptors (Lipinski definition) is 4. The van der Waals surface area contributed by atoms with E-state index in [0.717, 1.165) is 18.8 Å². The van der Waals surface area contributed by atoms with E-state index in [1.807, 2.05) is 12.1 Å². The summed E-state index contributed by atoms with van der Waals surface area (Å²) in [6, 6.07) is 6.54. The van der Waals surface area contributed by atoms with Gasteiger partial charge in [0.2, 0.25) is 0 Å². The second-order valence-electron chi connectivity index (χ2n) is 5.08. The average molecular weight is 234 g/mol. The predicted octanol–water partition coefficient (Wildman–Crippen LogP) is 1.19. The van der Waals surface area contributed by atoms with Gasteiger partial charge in [0.05, 0.1) is 5.69 Å². The van der Waals surface area contributed by atoms with Crippen LogP contribution in [-0.4, -0.2) is 48.0 Å². The van der Waals surface area contributed by atoms with Crippen molar-refractivity contribution in [3.63, 3.8) is 0 Å². The third kappa shape index (κ3) is 3.41. The molecular formula is C13H22N4. The monoisotopic (exact) mass is 234 g/mol. The molecule has 0 spiro atoms. The van der Waals surface area contributed by atoms with Gasteiger partial charge in [-0.3, -0.25) is 4.90 Å². The number of hydrogen-bond donors (Lipinski definition) is 1. The number of nitrogen functional groups attached to an aromatic ring is 1. The van der Waals surface area contributed by atoms with Crippen LogP contribution >= 0.6 is 0 Å². The Bertz CT molecular complexity index is 364. The molecule has 2 N–H and O–H groups in total. The third-order valence-electron chi connectivity index (χ3n) is 3.27. The van der Waals surface area contributed by atoms with Crippen molar-refractivity contribution in [1.82, 2.24) is 14.8 Å². The maximum Gasteiger partial charge on any atom is 0.123 e. The van der Waals surface area contributed by atoms with Crippen molar-refractivity contribution in [2.75, 3.05) is 32.9 Å². The lowest BCUT2D eigenvalue weighted by Gasteiger charge is -2.26. The fourth-order valence-corrected chi connectivity index (χ4v) is 2.53. The molecule has 0 bridgehead atoms. The number of pyridine rings is 1. The quantitative estimate of drug-likeness (QED) is 0.850. The molecular weight excluding hydrogens is 212 g/mol. The van der Waals surface area contributed by atoms with Crippen LogP contribution in [0, 0.1) is 0 Å². The molecule has 17 heavy (non-hydrogen) atoms. The smallest absolute Gasteiger partial charge is 0.123 e. The van der Waals surface area contributed by atoms with E-state index in [1.165, 1.54) is 19.4 Å². The average Bonchev–Trinajstić information content (AvgIpc) is 2.65. The normalized spacial score (nSPS) is 21.2. The van der Waals surface area contributed by atoms with E-state index in [-0.39, 0.29) is 0 Å². The van der Waals surface area contributed by atoms with Gasteiger partial charge in [-0.2, -0.15) is 0 Å². The number of anilines is 1. The third-order valence-corrected chi connectivity index (χ3v) is 3.27. The zero-order valence-electron chi connectivity index (χ0n) is 10.8. The summed E-state index contributed by atoms with van der Waals surface area (Å²) >= 11 is 0. The SMILES string of the molecule is CN(C)CC1CCCN1Cc1cccc(N)n1. The second-order valence-corrected chi connectivity index (χ2v) is 5.08. The van der Waals surface area contributed by atoms with E-state index < -0.39 is 0 Å². The Labute approximate surface area is 103 Å². The summed E-state index contributed by atoms with van der Waals surface area (Å²) in [5, 5.41) is 0. The Morgan fingerprint density at radius 2 is 2.29 bits per heavy atom. The van der Waals surface area contributed by atoms with Gasteiger partial charge in [-0.05, 0) is 45.6 Å². The van der Waals surface area contributed by atoms with E-state index in [4.69, 9.17) is 5.73 Å². The summed E-state index contributed by atoms with van der Waals surface area (Å²) in [5.41, 5.74) is 6.79. The van der Waals surface area contributed by atoms with E-state index >= 15 is 0 Å². The zero-order chi connectivity index (χ0) is 12.3. The molecule has 0 radical (unpaired) electrons. The minimum atomic E-state index is 0.617. The molecule has 0 amide bonds. The van der Waals surface area contributed by atoms with Crippen molar-refractivity contribution in [1.29, 1.82) is 0 Å². The fraction of sp³-hybridized carbons (Fsp3) is 0.615. The first-order chi connectivity index (χ1) is 8.15. The Morgan fingerprint density at radius 1 is 1.47 bits per heavy atom. The van der Waals surface area contributed by atoms with E-state index in [1.54, 1.807) is 0 Å². The van der Waals surface area contributed by atoms with Gasteiger partial charge in [0.1, 0.15) is 5.82 Å². The van der Waals surface area contributed by atoms with Gasteiger partial charge >= 0.3 is 0 Å². The molecule has 2 rings (SSSR count). The number of rotatable bonds is 4. The topological polar surface area (TPSA) is 45.4 Å². The molecule has 94 valence electrons. The summed E-state index contributed by atoms with van der Waals surface area (Å²) in [4.78, 5) is 9.15. The van der Waals surface area contributed by atoms with Crippen molar-refractivity contribution in [2.45, 2.75) is 25.4 Å². The maximum absolute atomic E-state index is 5.71. The first-order valence-corrected chi connectivity index (χ1v) is 6.25. The van der Waals surface area contributed by atoms with Gasteiger partial charge in [0.15, 0.2) is 0 Å². The Kier molecular flexibility index (Phi) is 3.97. The van der Waals surface area contributed by atoms with Crippen LogP contribution < -0.4 is 5.73 Å². The fourth-order valence-electron chi connectivity index (χ4n) is 2.53. The molecule has 2 heterocycles. The molecule has 0 saturated carbocycles. The molecule has 1 unspecified atom stereocenters. The van der Waals surface area contributed by atoms with Crippen LogP contribution in [-0.2, 0) is 6.54 Å². The Balaban J connectivity index is 1.97. The minimum Gasteiger partial charge on any atom is -0.384 e. The Morgan fingerprint density at radius 3 is 3.00 bits per heavy atom. The number of likely N-dealkylation sites (tertiary alicyclic amines) is 1. The molecule has 4 heteroatoms. The van der Waals surface area contributed by atoms with Gasteiger partial charge in [-0.1, -0.05) is 6.07 Å². The zero-order valence-corrected chi connectivity index (χ0v) is 10.8. The number of nitrogens with two attached hydrogens (primary N) is 1. The lowest BCUT2D eigenvalue weighted by Crippen LogP contribution is -2.37. The Hall–Kier alpha value is -1.13. The number of aromatic nitrogens is 1. The van der Waals surface area contributed by atoms with Gasteiger partial charge in [-0.25, -0.2) is 4.98 Å². The molecule has 0 aromatic carbocycles. The molecule has 1 aromatic heterocycles. The van der Waals surface area contributed by atoms with Crippen LogP contribution in [0.4, 0.5) is 5.82 Å². The maximum atomic E-state index is 5.71. The number of nitrogens with zero attached hydrogens (tertiary/aromatic N) is 3. The summed E-state index contributed by atoms with van der Waals surface area (Å²) in [7, 11) is 4.27. The molecule has 1 aromatic rings. The van der Waals surface area contributed by atoms with E-state index in [0.29, 0.717) is 11.9 Å². The highest BCUT2D eigenvalue weighted by Crippen LogP contribution is 2.20. The van der Waals surface area contributed by atoms with Crippen molar-refractivity contribution >= 4 is 5.82 Å². The molecule has 1 fully saturated rings. The van der Waals surface area contributed by atoms with Crippen LogP contribution in [0.2, 0.25) is 0 Å². The van der Waals surface area contributed by atoms with Gasteiger partial charge in [0.25, 0.3) is 0 Å². The first kappa shape index (κ1) is 12.3. The summed E-state index contributed by atoms with van der Waals surface area (Å²) in [6.45, 7) is 3.22. The second kappa shape index (κ2) is 5.47. The van der Waals surface area contributed by atoms with E-state index in [2.05, 4.69) is 34.9 Å². The predicted molar refractivity (Wildman–Crippen MR) is 70.6 cm³/mol. The summed E-state index contributed by atoms with van der Waals surface area (Å²) < 4.78 is 0. The van der Waals surface area contributed by atoms with Gasteiger partial charge < -0.3 is 10.6 Å². The highest BCUT2D eigenvalue weighted by atomic mass is 15.2. The molecule has 1 aliphatic rings. The van der Waals surface area contributed by atoms with Crippen molar-refractivity contribution in [3.05, 3.63) is 23.9 Å². The lowest BCUT2D eigenvalue weighted by molar-refractivity contribution is 0.199. The molecule has 1 saturated heterocycles. The largest absolute Gasteiger partial charge is 0.384 e. The minimum absolute atomic E-state index is 0.617. The van der Waals surface area contributed by atoms with Crippen LogP contribution in [0.3, 0.4) is 0 Å². The van der Waals surface area contributed by atoms with Crippen molar-refractivity contribution in [2.24, 2.45) is 0 Å². The van der Waals surface area contributed by atoms with E-state index in [9.17, 15) is 0 Å². The molecule has 0 aliphatic carbocycles. The standard InChI is InChI=1S/C13H22N4/c1-16(2)10-12-6-4-8-17(12)9-11-5-3-7-13(14)15-11/h3,5,7,12H,4,6,8-10H2,1-2H3,(H2,14,15). The molecule has 4 nitrogen and oxygen atoms in total. The van der Waals surface area contributed by atoms with Crippen LogP contribution in [0.25, 0.3) is 0 Å². The van der Waals surface area contributed by atoms with Gasteiger partial charge in [0, 0.05) is 19.1 Å². The van der Waals surface area contributed by atoms with Crippen LogP contribution in [0.5, 0.6) is 0 Å². The lowest BCUT2D eigenvalue weighted by atomic mass is 10.2. The highest BCUT2D eigenvalue weighted by molar-refractivity contribution is 5.28. The highest BCUT2D eigenvalue weighted by Gasteiger charge is 2.24. The summed E-state index contributed by atoms with van der Waals surface area (Å²) in [5.74, 6) is 0.617. The first-order valence-electron chi connectivity index (χ1n) is 6.25. The summed E-state index contributed by atoms with van der Waals surface area (Å²) in [6.07, 6.45) is 2.58. The molecule has 1 aliphatic heterocycles. The van der Waals surface area contributed by atoms with Crippen molar-refractivity contribution in [3.8, 4) is 0 Å².